The molecule has 0 fully saturated rings. The molecule has 0 atom stereocenters. The molecule has 44 heavy (non-hydrogen) atoms. The van der Waals surface area contributed by atoms with E-state index in [4.69, 9.17) is 4.98 Å². The standard InChI is InChI=1S/C40H40BN3/c1-27(2)32-20-13-21-33(28(3)4)38(32)41-43-26-25-42-40(43)37-29(5)15-12-24-36(37)44(41)39-34(30-16-8-6-9-17-30)22-14-23-35(39)31-18-10-7-11-19-31/h6,8-10,12-28H,7,11H2,1-5H3. The predicted molar refractivity (Wildman–Crippen MR) is 188 cm³/mol. The van der Waals surface area contributed by atoms with E-state index in [2.05, 4.69) is 153 Å². The number of allylic oxidation sites excluding steroid dienone is 4. The van der Waals surface area contributed by atoms with Gasteiger partial charge in [0, 0.05) is 40.5 Å². The van der Waals surface area contributed by atoms with Crippen molar-refractivity contribution in [2.24, 2.45) is 0 Å². The Bertz CT molecular complexity index is 1870. The number of para-hydroxylation sites is 1. The third kappa shape index (κ3) is 4.64. The topological polar surface area (TPSA) is 21.1 Å². The molecule has 0 radical (unpaired) electrons. The SMILES string of the molecule is Cc1cccc2c1-c1nccn1B(c1c(C(C)C)cccc1C(C)C)N2c1c(C2=CCCC=C2)cccc1-c1ccccc1. The second-order valence-electron chi connectivity index (χ2n) is 12.7. The summed E-state index contributed by atoms with van der Waals surface area (Å²) < 4.78 is 2.43. The zero-order valence-electron chi connectivity index (χ0n) is 26.5. The minimum atomic E-state index is -0.116. The summed E-state index contributed by atoms with van der Waals surface area (Å²) in [5.41, 5.74) is 14.0. The molecular weight excluding hydrogens is 533 g/mol. The van der Waals surface area contributed by atoms with Crippen molar-refractivity contribution in [1.82, 2.24) is 9.46 Å². The number of imidazole rings is 1. The summed E-state index contributed by atoms with van der Waals surface area (Å²) in [7, 11) is 0. The molecule has 4 heteroatoms. The van der Waals surface area contributed by atoms with E-state index in [1.807, 2.05) is 6.20 Å². The zero-order chi connectivity index (χ0) is 30.4. The summed E-state index contributed by atoms with van der Waals surface area (Å²) in [6.45, 7) is 11.4. The molecular formula is C40H40BN3. The number of benzene rings is 4. The first-order valence-corrected chi connectivity index (χ1v) is 16.1. The molecule has 4 aromatic carbocycles. The Labute approximate surface area is 262 Å². The third-order valence-electron chi connectivity index (χ3n) is 9.25. The Kier molecular flexibility index (Phi) is 7.38. The van der Waals surface area contributed by atoms with Crippen molar-refractivity contribution < 1.29 is 0 Å². The first-order chi connectivity index (χ1) is 21.5. The number of hydrogen-bond acceptors (Lipinski definition) is 2. The maximum atomic E-state index is 5.02. The molecule has 1 aliphatic heterocycles. The van der Waals surface area contributed by atoms with E-state index in [1.165, 1.54) is 61.4 Å². The van der Waals surface area contributed by atoms with Crippen LogP contribution in [0.15, 0.2) is 116 Å². The predicted octanol–water partition coefficient (Wildman–Crippen LogP) is 9.90. The van der Waals surface area contributed by atoms with Crippen molar-refractivity contribution in [2.75, 3.05) is 4.81 Å². The number of nitrogens with zero attached hydrogens (tertiary/aromatic N) is 3. The molecule has 0 bridgehead atoms. The molecule has 0 saturated heterocycles. The minimum absolute atomic E-state index is 0.116. The van der Waals surface area contributed by atoms with Crippen LogP contribution in [-0.4, -0.2) is 16.4 Å². The summed E-state index contributed by atoms with van der Waals surface area (Å²) in [5.74, 6) is 1.76. The van der Waals surface area contributed by atoms with Gasteiger partial charge in [-0.15, -0.1) is 0 Å². The van der Waals surface area contributed by atoms with Crippen LogP contribution in [0.5, 0.6) is 0 Å². The van der Waals surface area contributed by atoms with E-state index in [0.717, 1.165) is 18.7 Å². The van der Waals surface area contributed by atoms with E-state index < -0.39 is 0 Å². The Morgan fingerprint density at radius 3 is 2.16 bits per heavy atom. The van der Waals surface area contributed by atoms with E-state index in [1.54, 1.807) is 0 Å². The summed E-state index contributed by atoms with van der Waals surface area (Å²) in [5, 5.41) is 0. The number of rotatable bonds is 6. The molecule has 0 spiro atoms. The largest absolute Gasteiger partial charge is 0.422 e. The first-order valence-electron chi connectivity index (χ1n) is 16.1. The molecule has 2 heterocycles. The van der Waals surface area contributed by atoms with Gasteiger partial charge in [-0.25, -0.2) is 4.98 Å². The van der Waals surface area contributed by atoms with Gasteiger partial charge in [0.1, 0.15) is 5.82 Å². The van der Waals surface area contributed by atoms with Crippen LogP contribution in [0.1, 0.15) is 74.6 Å². The molecule has 1 aliphatic carbocycles. The van der Waals surface area contributed by atoms with Gasteiger partial charge in [-0.2, -0.15) is 0 Å². The van der Waals surface area contributed by atoms with Crippen LogP contribution in [0, 0.1) is 6.92 Å². The van der Waals surface area contributed by atoms with Gasteiger partial charge >= 0.3 is 6.98 Å². The second kappa shape index (κ2) is 11.5. The van der Waals surface area contributed by atoms with Crippen molar-refractivity contribution in [3.05, 3.63) is 138 Å². The Hall–Kier alpha value is -4.57. The Balaban J connectivity index is 1.64. The highest BCUT2D eigenvalue weighted by atomic mass is 15.2. The number of fused-ring (bicyclic) bond motifs is 3. The molecule has 7 rings (SSSR count). The fourth-order valence-corrected chi connectivity index (χ4v) is 7.22. The Morgan fingerprint density at radius 1 is 0.750 bits per heavy atom. The molecule has 0 unspecified atom stereocenters. The lowest BCUT2D eigenvalue weighted by molar-refractivity contribution is 0.842. The molecule has 2 aliphatic rings. The summed E-state index contributed by atoms with van der Waals surface area (Å²) in [6.07, 6.45) is 13.4. The average Bonchev–Trinajstić information content (AvgIpc) is 3.54. The van der Waals surface area contributed by atoms with E-state index in [0.29, 0.717) is 11.8 Å². The van der Waals surface area contributed by atoms with E-state index in [-0.39, 0.29) is 6.98 Å². The van der Waals surface area contributed by atoms with Crippen LogP contribution in [-0.2, 0) is 0 Å². The van der Waals surface area contributed by atoms with Crippen LogP contribution < -0.4 is 10.3 Å². The number of aromatic nitrogens is 2. The van der Waals surface area contributed by atoms with Gasteiger partial charge in [0.25, 0.3) is 0 Å². The average molecular weight is 574 g/mol. The highest BCUT2D eigenvalue weighted by Crippen LogP contribution is 2.48. The molecule has 1 aromatic heterocycles. The molecule has 218 valence electrons. The summed E-state index contributed by atoms with van der Waals surface area (Å²) >= 11 is 0. The van der Waals surface area contributed by atoms with Crippen molar-refractivity contribution in [2.45, 2.75) is 59.3 Å². The monoisotopic (exact) mass is 573 g/mol. The molecule has 3 nitrogen and oxygen atoms in total. The van der Waals surface area contributed by atoms with Crippen molar-refractivity contribution in [3.63, 3.8) is 0 Å². The van der Waals surface area contributed by atoms with Crippen LogP contribution >= 0.6 is 0 Å². The highest BCUT2D eigenvalue weighted by molar-refractivity contribution is 6.78. The third-order valence-corrected chi connectivity index (χ3v) is 9.25. The molecule has 0 amide bonds. The fraction of sp³-hybridized carbons (Fsp3) is 0.225. The molecule has 0 saturated carbocycles. The minimum Gasteiger partial charge on any atom is -0.360 e. The van der Waals surface area contributed by atoms with Gasteiger partial charge in [0.05, 0.1) is 0 Å². The van der Waals surface area contributed by atoms with Crippen LogP contribution in [0.4, 0.5) is 11.4 Å². The molecule has 5 aromatic rings. The van der Waals surface area contributed by atoms with Crippen molar-refractivity contribution in [3.8, 4) is 22.5 Å². The van der Waals surface area contributed by atoms with Crippen LogP contribution in [0.2, 0.25) is 0 Å². The maximum absolute atomic E-state index is 5.02. The lowest BCUT2D eigenvalue weighted by Gasteiger charge is -2.42. The number of hydrogen-bond donors (Lipinski definition) is 0. The summed E-state index contributed by atoms with van der Waals surface area (Å²) in [4.78, 5) is 7.66. The van der Waals surface area contributed by atoms with Crippen molar-refractivity contribution >= 4 is 29.4 Å². The second-order valence-corrected chi connectivity index (χ2v) is 12.7. The lowest BCUT2D eigenvalue weighted by atomic mass is 9.57. The normalized spacial score (nSPS) is 14.2. The van der Waals surface area contributed by atoms with E-state index >= 15 is 0 Å². The van der Waals surface area contributed by atoms with Gasteiger partial charge in [0.2, 0.25) is 0 Å². The van der Waals surface area contributed by atoms with Crippen molar-refractivity contribution in [1.29, 1.82) is 0 Å². The van der Waals surface area contributed by atoms with Gasteiger partial charge in [-0.1, -0.05) is 125 Å². The van der Waals surface area contributed by atoms with Crippen LogP contribution in [0.3, 0.4) is 0 Å². The van der Waals surface area contributed by atoms with Gasteiger partial charge < -0.3 is 9.29 Å². The lowest BCUT2D eigenvalue weighted by Crippen LogP contribution is -2.56. The molecule has 0 N–H and O–H groups in total. The quantitative estimate of drug-likeness (QED) is 0.189. The van der Waals surface area contributed by atoms with Gasteiger partial charge in [-0.3, -0.25) is 0 Å². The smallest absolute Gasteiger partial charge is 0.360 e. The number of aryl methyl sites for hydroxylation is 1. The van der Waals surface area contributed by atoms with Gasteiger partial charge in [0.15, 0.2) is 0 Å². The maximum Gasteiger partial charge on any atom is 0.422 e. The highest BCUT2D eigenvalue weighted by Gasteiger charge is 2.43. The number of anilines is 2. The fourth-order valence-electron chi connectivity index (χ4n) is 7.22. The van der Waals surface area contributed by atoms with Crippen LogP contribution in [0.25, 0.3) is 28.1 Å². The Morgan fingerprint density at radius 2 is 1.45 bits per heavy atom. The summed E-state index contributed by atoms with van der Waals surface area (Å²) in [6, 6.07) is 31.4. The van der Waals surface area contributed by atoms with E-state index in [9.17, 15) is 0 Å². The van der Waals surface area contributed by atoms with Gasteiger partial charge in [-0.05, 0) is 71.0 Å². The first kappa shape index (κ1) is 28.2. The zero-order valence-corrected chi connectivity index (χ0v) is 26.5.